The van der Waals surface area contributed by atoms with Crippen LogP contribution in [0.15, 0.2) is 41.8 Å². The predicted molar refractivity (Wildman–Crippen MR) is 163 cm³/mol. The standard InChI is InChI=1S/C30H37ClN6O5/c1-4-26(38)36-10-5-20(6-11-36)32-9-12-37-28-19(18-33-30(35-28)34-21-7-13-42-14-8-21)15-24(29(37)39)23-16-22(40-2)17-25(41-3)27(23)31/h4,15-18,20-21,32H,1,5-14H2,2-3H3,(H,33,34,35). The number of amides is 1. The summed E-state index contributed by atoms with van der Waals surface area (Å²) in [5.74, 6) is 1.37. The monoisotopic (exact) mass is 596 g/mol. The van der Waals surface area contributed by atoms with E-state index in [0.29, 0.717) is 84.0 Å². The van der Waals surface area contributed by atoms with Crippen molar-refractivity contribution < 1.29 is 19.0 Å². The second-order valence-corrected chi connectivity index (χ2v) is 10.8. The molecule has 0 saturated carbocycles. The summed E-state index contributed by atoms with van der Waals surface area (Å²) in [6.45, 7) is 7.23. The number of benzene rings is 1. The third-order valence-electron chi connectivity index (χ3n) is 7.89. The Balaban J connectivity index is 1.47. The number of anilines is 1. The number of likely N-dealkylation sites (tertiary alicyclic amines) is 1. The number of hydrogen-bond donors (Lipinski definition) is 2. The van der Waals surface area contributed by atoms with E-state index in [0.717, 1.165) is 25.7 Å². The molecular formula is C30H37ClN6O5. The van der Waals surface area contributed by atoms with Gasteiger partial charge in [0.2, 0.25) is 11.9 Å². The lowest BCUT2D eigenvalue weighted by Gasteiger charge is -2.32. The van der Waals surface area contributed by atoms with Crippen LogP contribution in [0.1, 0.15) is 25.7 Å². The smallest absolute Gasteiger partial charge is 0.260 e. The van der Waals surface area contributed by atoms with Gasteiger partial charge in [-0.3, -0.25) is 14.2 Å². The Hall–Kier alpha value is -3.67. The van der Waals surface area contributed by atoms with E-state index < -0.39 is 0 Å². The van der Waals surface area contributed by atoms with E-state index in [2.05, 4.69) is 22.2 Å². The van der Waals surface area contributed by atoms with Crippen molar-refractivity contribution >= 4 is 34.5 Å². The van der Waals surface area contributed by atoms with Crippen LogP contribution in [0.2, 0.25) is 5.02 Å². The fourth-order valence-corrected chi connectivity index (χ4v) is 5.79. The highest BCUT2D eigenvalue weighted by atomic mass is 35.5. The van der Waals surface area contributed by atoms with Crippen molar-refractivity contribution in [3.05, 3.63) is 52.4 Å². The number of nitrogens with one attached hydrogen (secondary N) is 2. The van der Waals surface area contributed by atoms with E-state index in [-0.39, 0.29) is 23.6 Å². The molecule has 0 aliphatic carbocycles. The van der Waals surface area contributed by atoms with Crippen LogP contribution in [-0.4, -0.2) is 84.5 Å². The van der Waals surface area contributed by atoms with Crippen molar-refractivity contribution in [2.45, 2.75) is 44.3 Å². The minimum absolute atomic E-state index is 0.0408. The first-order valence-corrected chi connectivity index (χ1v) is 14.6. The molecule has 5 rings (SSSR count). The van der Waals surface area contributed by atoms with E-state index in [4.69, 9.17) is 30.8 Å². The summed E-state index contributed by atoms with van der Waals surface area (Å²) in [5, 5.41) is 7.99. The first kappa shape index (κ1) is 29.8. The number of piperidine rings is 1. The van der Waals surface area contributed by atoms with Crippen LogP contribution in [0.5, 0.6) is 11.5 Å². The van der Waals surface area contributed by atoms with Gasteiger partial charge in [-0.25, -0.2) is 4.98 Å². The van der Waals surface area contributed by atoms with Crippen molar-refractivity contribution in [2.24, 2.45) is 0 Å². The van der Waals surface area contributed by atoms with Gasteiger partial charge in [-0.15, -0.1) is 0 Å². The maximum atomic E-state index is 14.1. The van der Waals surface area contributed by atoms with Crippen LogP contribution in [0, 0.1) is 0 Å². The Morgan fingerprint density at radius 2 is 1.88 bits per heavy atom. The number of methoxy groups -OCH3 is 2. The Morgan fingerprint density at radius 1 is 1.12 bits per heavy atom. The molecule has 0 atom stereocenters. The molecule has 3 aromatic rings. The lowest BCUT2D eigenvalue weighted by molar-refractivity contribution is -0.127. The molecule has 224 valence electrons. The number of carbonyl (C=O) groups is 1. The molecule has 12 heteroatoms. The van der Waals surface area contributed by atoms with Crippen molar-refractivity contribution in [2.75, 3.05) is 52.4 Å². The molecule has 2 N–H and O–H groups in total. The van der Waals surface area contributed by atoms with Gasteiger partial charge in [-0.1, -0.05) is 18.2 Å². The van der Waals surface area contributed by atoms with Gasteiger partial charge in [0.15, 0.2) is 0 Å². The average molecular weight is 597 g/mol. The lowest BCUT2D eigenvalue weighted by atomic mass is 10.0. The molecule has 2 aliphatic rings. The summed E-state index contributed by atoms with van der Waals surface area (Å²) in [6, 6.07) is 5.63. The van der Waals surface area contributed by atoms with Crippen LogP contribution < -0.4 is 25.7 Å². The summed E-state index contributed by atoms with van der Waals surface area (Å²) in [6.07, 6.45) is 6.48. The summed E-state index contributed by atoms with van der Waals surface area (Å²) in [5.41, 5.74) is 1.20. The fraction of sp³-hybridized carbons (Fsp3) is 0.467. The Bertz CT molecular complexity index is 1500. The number of halogens is 1. The second-order valence-electron chi connectivity index (χ2n) is 10.5. The van der Waals surface area contributed by atoms with Crippen molar-refractivity contribution in [3.8, 4) is 22.6 Å². The van der Waals surface area contributed by atoms with E-state index in [1.165, 1.54) is 13.2 Å². The molecule has 0 unspecified atom stereocenters. The average Bonchev–Trinajstić information content (AvgIpc) is 3.02. The van der Waals surface area contributed by atoms with Crippen molar-refractivity contribution in [1.29, 1.82) is 0 Å². The first-order valence-electron chi connectivity index (χ1n) is 14.2. The highest BCUT2D eigenvalue weighted by Crippen LogP contribution is 2.38. The number of ether oxygens (including phenoxy) is 3. The highest BCUT2D eigenvalue weighted by Gasteiger charge is 2.23. The Kier molecular flexibility index (Phi) is 9.61. The van der Waals surface area contributed by atoms with Crippen LogP contribution in [0.3, 0.4) is 0 Å². The highest BCUT2D eigenvalue weighted by molar-refractivity contribution is 6.35. The molecule has 0 bridgehead atoms. The van der Waals surface area contributed by atoms with Gasteiger partial charge < -0.3 is 29.7 Å². The number of carbonyl (C=O) groups excluding carboxylic acids is 1. The molecule has 11 nitrogen and oxygen atoms in total. The van der Waals surface area contributed by atoms with Crippen molar-refractivity contribution in [3.63, 3.8) is 0 Å². The van der Waals surface area contributed by atoms with E-state index in [1.54, 1.807) is 36.1 Å². The van der Waals surface area contributed by atoms with Crippen molar-refractivity contribution in [1.82, 2.24) is 24.8 Å². The summed E-state index contributed by atoms with van der Waals surface area (Å²) < 4.78 is 18.1. The maximum absolute atomic E-state index is 14.1. The predicted octanol–water partition coefficient (Wildman–Crippen LogP) is 3.49. The quantitative estimate of drug-likeness (QED) is 0.339. The summed E-state index contributed by atoms with van der Waals surface area (Å²) in [4.78, 5) is 37.2. The third kappa shape index (κ3) is 6.53. The molecule has 2 fully saturated rings. The van der Waals surface area contributed by atoms with Gasteiger partial charge >= 0.3 is 0 Å². The molecule has 2 saturated heterocycles. The fourth-order valence-electron chi connectivity index (χ4n) is 5.50. The number of nitrogens with zero attached hydrogens (tertiary/aromatic N) is 4. The summed E-state index contributed by atoms with van der Waals surface area (Å²) in [7, 11) is 3.07. The number of rotatable bonds is 10. The van der Waals surface area contributed by atoms with Gasteiger partial charge in [0.1, 0.15) is 17.1 Å². The number of aromatic nitrogens is 3. The molecular weight excluding hydrogens is 560 g/mol. The Morgan fingerprint density at radius 3 is 2.57 bits per heavy atom. The molecule has 1 amide bonds. The second kappa shape index (κ2) is 13.5. The first-order chi connectivity index (χ1) is 20.4. The molecule has 0 spiro atoms. The molecule has 0 radical (unpaired) electrons. The molecule has 2 aliphatic heterocycles. The van der Waals surface area contributed by atoms with Gasteiger partial charge in [-0.2, -0.15) is 4.98 Å². The molecule has 1 aromatic carbocycles. The molecule has 42 heavy (non-hydrogen) atoms. The normalized spacial score (nSPS) is 16.4. The van der Waals surface area contributed by atoms with Gasteiger partial charge in [0.05, 0.1) is 19.2 Å². The van der Waals surface area contributed by atoms with Crippen LogP contribution in [0.25, 0.3) is 22.2 Å². The van der Waals surface area contributed by atoms with E-state index in [9.17, 15) is 9.59 Å². The van der Waals surface area contributed by atoms with Crippen LogP contribution in [0.4, 0.5) is 5.95 Å². The zero-order chi connectivity index (χ0) is 29.6. The topological polar surface area (TPSA) is 120 Å². The molecule has 4 heterocycles. The minimum atomic E-state index is -0.233. The number of hydrogen-bond acceptors (Lipinski definition) is 9. The number of pyridine rings is 1. The SMILES string of the molecule is C=CC(=O)N1CCC(NCCn2c(=O)c(-c3cc(OC)cc(OC)c3Cl)cc3cnc(NC4CCOCC4)nc32)CC1. The van der Waals surface area contributed by atoms with Gasteiger partial charge in [-0.05, 0) is 43.9 Å². The zero-order valence-electron chi connectivity index (χ0n) is 24.0. The van der Waals surface area contributed by atoms with E-state index in [1.807, 2.05) is 4.90 Å². The lowest BCUT2D eigenvalue weighted by Crippen LogP contribution is -2.45. The van der Waals surface area contributed by atoms with Crippen LogP contribution in [-0.2, 0) is 16.1 Å². The zero-order valence-corrected chi connectivity index (χ0v) is 24.8. The third-order valence-corrected chi connectivity index (χ3v) is 8.28. The largest absolute Gasteiger partial charge is 0.497 e. The van der Waals surface area contributed by atoms with E-state index >= 15 is 0 Å². The van der Waals surface area contributed by atoms with Crippen LogP contribution >= 0.6 is 11.6 Å². The maximum Gasteiger partial charge on any atom is 0.260 e. The molecule has 2 aromatic heterocycles. The Labute approximate surface area is 249 Å². The summed E-state index contributed by atoms with van der Waals surface area (Å²) >= 11 is 6.71. The number of fused-ring (bicyclic) bond motifs is 1. The van der Waals surface area contributed by atoms with Gasteiger partial charge in [0, 0.05) is 80.3 Å². The minimum Gasteiger partial charge on any atom is -0.497 e. The van der Waals surface area contributed by atoms with Gasteiger partial charge in [0.25, 0.3) is 5.56 Å².